The van der Waals surface area contributed by atoms with Gasteiger partial charge in [0, 0.05) is 50.4 Å². The molecule has 26 heavy (non-hydrogen) atoms. The Morgan fingerprint density at radius 3 is 2.54 bits per heavy atom. The van der Waals surface area contributed by atoms with Gasteiger partial charge in [-0.2, -0.15) is 0 Å². The lowest BCUT2D eigenvalue weighted by Crippen LogP contribution is -2.59. The summed E-state index contributed by atoms with van der Waals surface area (Å²) in [4.78, 5) is 28.4. The van der Waals surface area contributed by atoms with Crippen molar-refractivity contribution < 1.29 is 9.59 Å². The van der Waals surface area contributed by atoms with Crippen molar-refractivity contribution in [1.82, 2.24) is 15.5 Å². The monoisotopic (exact) mass is 360 g/mol. The fourth-order valence-electron chi connectivity index (χ4n) is 3.37. The number of amides is 3. The van der Waals surface area contributed by atoms with Crippen molar-refractivity contribution in [1.29, 1.82) is 0 Å². The number of anilines is 1. The minimum atomic E-state index is -0.420. The Labute approximate surface area is 156 Å². The Hall–Kier alpha value is -2.24. The van der Waals surface area contributed by atoms with Gasteiger partial charge in [-0.3, -0.25) is 4.79 Å². The van der Waals surface area contributed by atoms with Gasteiger partial charge in [-0.05, 0) is 45.7 Å². The summed E-state index contributed by atoms with van der Waals surface area (Å²) in [6, 6.07) is 8.43. The van der Waals surface area contributed by atoms with Crippen LogP contribution in [0.1, 0.15) is 39.2 Å². The van der Waals surface area contributed by atoms with Gasteiger partial charge in [-0.25, -0.2) is 4.79 Å². The fourth-order valence-corrected chi connectivity index (χ4v) is 3.37. The molecule has 0 aromatic heterocycles. The van der Waals surface area contributed by atoms with E-state index in [1.165, 1.54) is 11.3 Å². The minimum absolute atomic E-state index is 0.00691. The van der Waals surface area contributed by atoms with Crippen LogP contribution in [-0.4, -0.2) is 55.1 Å². The molecule has 1 aliphatic rings. The lowest BCUT2D eigenvalue weighted by Gasteiger charge is -2.42. The number of nitrogens with zero attached hydrogens (tertiary/aromatic N) is 2. The molecule has 0 spiro atoms. The number of benzene rings is 1. The predicted octanol–water partition coefficient (Wildman–Crippen LogP) is 2.52. The highest BCUT2D eigenvalue weighted by Crippen LogP contribution is 2.23. The molecule has 1 atom stereocenters. The van der Waals surface area contributed by atoms with E-state index >= 15 is 0 Å². The van der Waals surface area contributed by atoms with Crippen LogP contribution in [0.25, 0.3) is 0 Å². The molecule has 1 aromatic rings. The minimum Gasteiger partial charge on any atom is -0.367 e. The Morgan fingerprint density at radius 2 is 1.92 bits per heavy atom. The van der Waals surface area contributed by atoms with Crippen molar-refractivity contribution in [3.8, 4) is 0 Å². The normalized spacial score (nSPS) is 17.8. The van der Waals surface area contributed by atoms with Crippen LogP contribution in [0.2, 0.25) is 0 Å². The van der Waals surface area contributed by atoms with Crippen molar-refractivity contribution in [2.24, 2.45) is 0 Å². The van der Waals surface area contributed by atoms with E-state index in [-0.39, 0.29) is 18.0 Å². The first kappa shape index (κ1) is 20.1. The molecule has 144 valence electrons. The van der Waals surface area contributed by atoms with Gasteiger partial charge in [0.2, 0.25) is 5.91 Å². The third-order valence-electron chi connectivity index (χ3n) is 5.05. The number of carbonyl (C=O) groups excluding carboxylic acids is 2. The van der Waals surface area contributed by atoms with Gasteiger partial charge >= 0.3 is 6.03 Å². The predicted molar refractivity (Wildman–Crippen MR) is 105 cm³/mol. The first-order chi connectivity index (χ1) is 12.2. The molecule has 2 N–H and O–H groups in total. The Bertz CT molecular complexity index is 644. The zero-order valence-corrected chi connectivity index (χ0v) is 16.6. The van der Waals surface area contributed by atoms with Gasteiger partial charge in [0.15, 0.2) is 0 Å². The zero-order valence-electron chi connectivity index (χ0n) is 16.6. The molecule has 6 nitrogen and oxygen atoms in total. The molecular formula is C20H32N4O2. The second-order valence-electron chi connectivity index (χ2n) is 7.76. The summed E-state index contributed by atoms with van der Waals surface area (Å²) in [6.45, 7) is 10.4. The van der Waals surface area contributed by atoms with Crippen LogP contribution in [0.5, 0.6) is 0 Å². The topological polar surface area (TPSA) is 64.7 Å². The fraction of sp³-hybridized carbons (Fsp3) is 0.600. The van der Waals surface area contributed by atoms with Crippen LogP contribution < -0.4 is 15.5 Å². The first-order valence-corrected chi connectivity index (χ1v) is 9.33. The SMILES string of the molecule is CNC(=O)CCC(C)(C)NC(=O)N1CCN(c2ccccc2C)CC1C. The van der Waals surface area contributed by atoms with Gasteiger partial charge in [0.05, 0.1) is 0 Å². The zero-order chi connectivity index (χ0) is 19.3. The second kappa shape index (κ2) is 8.43. The van der Waals surface area contributed by atoms with E-state index in [2.05, 4.69) is 47.6 Å². The average Bonchev–Trinajstić information content (AvgIpc) is 2.59. The molecule has 1 aliphatic heterocycles. The number of aryl methyl sites for hydroxylation is 1. The number of piperazine rings is 1. The number of carbonyl (C=O) groups is 2. The lowest BCUT2D eigenvalue weighted by molar-refractivity contribution is -0.121. The summed E-state index contributed by atoms with van der Waals surface area (Å²) in [7, 11) is 1.63. The van der Waals surface area contributed by atoms with Gasteiger partial charge in [-0.1, -0.05) is 18.2 Å². The number of hydrogen-bond acceptors (Lipinski definition) is 3. The van der Waals surface area contributed by atoms with E-state index < -0.39 is 5.54 Å². The van der Waals surface area contributed by atoms with Crippen LogP contribution in [0.15, 0.2) is 24.3 Å². The van der Waals surface area contributed by atoms with E-state index in [4.69, 9.17) is 0 Å². The number of para-hydroxylation sites is 1. The largest absolute Gasteiger partial charge is 0.367 e. The van der Waals surface area contributed by atoms with Crippen molar-refractivity contribution in [2.45, 2.75) is 52.1 Å². The molecule has 6 heteroatoms. The first-order valence-electron chi connectivity index (χ1n) is 9.33. The van der Waals surface area contributed by atoms with Crippen molar-refractivity contribution in [3.63, 3.8) is 0 Å². The average molecular weight is 361 g/mol. The highest BCUT2D eigenvalue weighted by molar-refractivity contribution is 5.77. The summed E-state index contributed by atoms with van der Waals surface area (Å²) in [5, 5.41) is 5.71. The smallest absolute Gasteiger partial charge is 0.318 e. The molecule has 1 fully saturated rings. The van der Waals surface area contributed by atoms with E-state index in [9.17, 15) is 9.59 Å². The maximum absolute atomic E-state index is 12.7. The van der Waals surface area contributed by atoms with Gasteiger partial charge in [0.25, 0.3) is 0 Å². The summed E-state index contributed by atoms with van der Waals surface area (Å²) in [5.41, 5.74) is 2.08. The van der Waals surface area contributed by atoms with Crippen LogP contribution in [-0.2, 0) is 4.79 Å². The van der Waals surface area contributed by atoms with E-state index in [0.717, 1.165) is 13.1 Å². The third-order valence-corrected chi connectivity index (χ3v) is 5.05. The highest BCUT2D eigenvalue weighted by Gasteiger charge is 2.31. The van der Waals surface area contributed by atoms with Crippen molar-refractivity contribution in [2.75, 3.05) is 31.6 Å². The number of nitrogens with one attached hydrogen (secondary N) is 2. The van der Waals surface area contributed by atoms with Gasteiger partial charge in [0.1, 0.15) is 0 Å². The molecule has 0 bridgehead atoms. The maximum atomic E-state index is 12.7. The van der Waals surface area contributed by atoms with Crippen LogP contribution in [0.4, 0.5) is 10.5 Å². The van der Waals surface area contributed by atoms with Crippen molar-refractivity contribution in [3.05, 3.63) is 29.8 Å². The van der Waals surface area contributed by atoms with E-state index in [1.807, 2.05) is 24.8 Å². The summed E-state index contributed by atoms with van der Waals surface area (Å²) < 4.78 is 0. The lowest BCUT2D eigenvalue weighted by atomic mass is 9.98. The van der Waals surface area contributed by atoms with Gasteiger partial charge in [-0.15, -0.1) is 0 Å². The Balaban J connectivity index is 1.93. The Kier molecular flexibility index (Phi) is 6.51. The second-order valence-corrected chi connectivity index (χ2v) is 7.76. The molecule has 1 unspecified atom stereocenters. The summed E-state index contributed by atoms with van der Waals surface area (Å²) in [6.07, 6.45) is 1.01. The number of urea groups is 1. The third kappa shape index (κ3) is 5.13. The molecule has 1 aromatic carbocycles. The molecule has 0 saturated carbocycles. The van der Waals surface area contributed by atoms with E-state index in [1.54, 1.807) is 7.05 Å². The van der Waals surface area contributed by atoms with Crippen LogP contribution in [0, 0.1) is 6.92 Å². The highest BCUT2D eigenvalue weighted by atomic mass is 16.2. The van der Waals surface area contributed by atoms with Gasteiger partial charge < -0.3 is 20.4 Å². The molecule has 0 radical (unpaired) electrons. The van der Waals surface area contributed by atoms with Crippen LogP contribution in [0.3, 0.4) is 0 Å². The quantitative estimate of drug-likeness (QED) is 0.848. The Morgan fingerprint density at radius 1 is 1.23 bits per heavy atom. The molecule has 3 amide bonds. The van der Waals surface area contributed by atoms with Crippen molar-refractivity contribution >= 4 is 17.6 Å². The molecule has 1 saturated heterocycles. The standard InChI is InChI=1S/C20H32N4O2/c1-15-8-6-7-9-17(15)23-12-13-24(16(2)14-23)19(26)22-20(3,4)11-10-18(25)21-5/h6-9,16H,10-14H2,1-5H3,(H,21,25)(H,22,26). The molecule has 0 aliphatic carbocycles. The molecule has 2 rings (SSSR count). The maximum Gasteiger partial charge on any atom is 0.318 e. The summed E-state index contributed by atoms with van der Waals surface area (Å²) >= 11 is 0. The van der Waals surface area contributed by atoms with E-state index in [0.29, 0.717) is 19.4 Å². The molecular weight excluding hydrogens is 328 g/mol. The number of rotatable bonds is 5. The number of hydrogen-bond donors (Lipinski definition) is 2. The summed E-state index contributed by atoms with van der Waals surface area (Å²) in [5.74, 6) is -0.00691. The van der Waals surface area contributed by atoms with Crippen LogP contribution >= 0.6 is 0 Å². The molecule has 1 heterocycles.